The number of fused-ring (bicyclic) bond motifs is 2. The summed E-state index contributed by atoms with van der Waals surface area (Å²) in [5.41, 5.74) is 2.68. The Morgan fingerprint density at radius 1 is 0.586 bits per heavy atom. The van der Waals surface area contributed by atoms with Crippen molar-refractivity contribution in [2.24, 2.45) is 0 Å². The summed E-state index contributed by atoms with van der Waals surface area (Å²) in [7, 11) is 0. The highest BCUT2D eigenvalue weighted by molar-refractivity contribution is 5.81. The Morgan fingerprint density at radius 2 is 0.931 bits per heavy atom. The SMILES string of the molecule is O=C(N1CCCN(C(=O)n2nc3ccccc3n2)CC1)n1nc2ccccc2n1. The molecular weight excluding hydrogens is 372 g/mol. The van der Waals surface area contributed by atoms with E-state index in [4.69, 9.17) is 0 Å². The van der Waals surface area contributed by atoms with Crippen LogP contribution in [-0.2, 0) is 0 Å². The van der Waals surface area contributed by atoms with E-state index in [1.54, 1.807) is 9.80 Å². The summed E-state index contributed by atoms with van der Waals surface area (Å²) in [6, 6.07) is 14.1. The van der Waals surface area contributed by atoms with Crippen LogP contribution in [0.1, 0.15) is 6.42 Å². The number of rotatable bonds is 0. The van der Waals surface area contributed by atoms with Crippen molar-refractivity contribution in [2.75, 3.05) is 26.2 Å². The minimum atomic E-state index is -0.293. The highest BCUT2D eigenvalue weighted by atomic mass is 16.2. The number of amides is 2. The van der Waals surface area contributed by atoms with Crippen LogP contribution < -0.4 is 0 Å². The Kier molecular flexibility index (Phi) is 4.15. The van der Waals surface area contributed by atoms with E-state index >= 15 is 0 Å². The minimum Gasteiger partial charge on any atom is -0.320 e. The van der Waals surface area contributed by atoms with E-state index in [1.807, 2.05) is 48.5 Å². The van der Waals surface area contributed by atoms with Gasteiger partial charge in [0.1, 0.15) is 22.1 Å². The standard InChI is InChI=1S/C19H18N8O2/c28-18(26-20-14-6-1-2-7-15(14)21-26)24-10-5-11-25(13-12-24)19(29)27-22-16-8-3-4-9-17(16)23-27/h1-4,6-9H,5,10-13H2. The van der Waals surface area contributed by atoms with E-state index in [0.29, 0.717) is 54.7 Å². The first-order chi connectivity index (χ1) is 14.2. The van der Waals surface area contributed by atoms with Crippen molar-refractivity contribution in [2.45, 2.75) is 6.42 Å². The molecule has 1 aliphatic heterocycles. The van der Waals surface area contributed by atoms with Crippen LogP contribution >= 0.6 is 0 Å². The van der Waals surface area contributed by atoms with Crippen LogP contribution in [0.3, 0.4) is 0 Å². The molecule has 4 aromatic rings. The maximum atomic E-state index is 12.8. The maximum absolute atomic E-state index is 12.8. The minimum absolute atomic E-state index is 0.293. The second kappa shape index (κ2) is 6.97. The first kappa shape index (κ1) is 17.3. The number of aromatic nitrogens is 6. The molecule has 2 aromatic heterocycles. The molecule has 0 N–H and O–H groups in total. The molecule has 29 heavy (non-hydrogen) atoms. The summed E-state index contributed by atoms with van der Waals surface area (Å²) in [4.78, 5) is 31.2. The molecule has 0 atom stereocenters. The van der Waals surface area contributed by atoms with Gasteiger partial charge in [-0.2, -0.15) is 0 Å². The molecule has 0 aliphatic carbocycles. The largest absolute Gasteiger partial charge is 0.362 e. The second-order valence-electron chi connectivity index (χ2n) is 6.85. The molecule has 10 heteroatoms. The molecule has 146 valence electrons. The number of carbonyl (C=O) groups excluding carboxylic acids is 2. The molecule has 2 aromatic carbocycles. The Hall–Kier alpha value is -3.82. The lowest BCUT2D eigenvalue weighted by molar-refractivity contribution is 0.186. The fourth-order valence-electron chi connectivity index (χ4n) is 3.44. The third-order valence-electron chi connectivity index (χ3n) is 4.95. The van der Waals surface area contributed by atoms with Gasteiger partial charge in [0.2, 0.25) is 0 Å². The molecule has 0 spiro atoms. The zero-order valence-corrected chi connectivity index (χ0v) is 15.5. The predicted molar refractivity (Wildman–Crippen MR) is 104 cm³/mol. The number of benzene rings is 2. The van der Waals surface area contributed by atoms with E-state index in [0.717, 1.165) is 9.59 Å². The average molecular weight is 390 g/mol. The van der Waals surface area contributed by atoms with Crippen molar-refractivity contribution >= 4 is 34.1 Å². The molecule has 0 saturated carbocycles. The van der Waals surface area contributed by atoms with Crippen molar-refractivity contribution in [1.29, 1.82) is 0 Å². The zero-order valence-electron chi connectivity index (χ0n) is 15.5. The highest BCUT2D eigenvalue weighted by Gasteiger charge is 2.26. The van der Waals surface area contributed by atoms with Crippen molar-refractivity contribution in [3.05, 3.63) is 48.5 Å². The third kappa shape index (κ3) is 3.18. The fraction of sp³-hybridized carbons (Fsp3) is 0.263. The Morgan fingerprint density at radius 3 is 1.28 bits per heavy atom. The number of carbonyl (C=O) groups is 2. The van der Waals surface area contributed by atoms with Crippen molar-refractivity contribution < 1.29 is 9.59 Å². The lowest BCUT2D eigenvalue weighted by Crippen LogP contribution is -2.41. The highest BCUT2D eigenvalue weighted by Crippen LogP contribution is 2.12. The second-order valence-corrected chi connectivity index (χ2v) is 6.85. The van der Waals surface area contributed by atoms with Crippen molar-refractivity contribution in [3.63, 3.8) is 0 Å². The van der Waals surface area contributed by atoms with Gasteiger partial charge in [-0.15, -0.1) is 20.4 Å². The first-order valence-electron chi connectivity index (χ1n) is 9.42. The zero-order chi connectivity index (χ0) is 19.8. The topological polar surface area (TPSA) is 102 Å². The van der Waals surface area contributed by atoms with Gasteiger partial charge in [0.25, 0.3) is 0 Å². The number of hydrogen-bond donors (Lipinski definition) is 0. The number of hydrogen-bond acceptors (Lipinski definition) is 6. The van der Waals surface area contributed by atoms with Gasteiger partial charge in [-0.25, -0.2) is 9.59 Å². The summed E-state index contributed by atoms with van der Waals surface area (Å²) in [5.74, 6) is 0. The molecule has 1 fully saturated rings. The van der Waals surface area contributed by atoms with Crippen LogP contribution in [-0.4, -0.2) is 78.0 Å². The molecular formula is C19H18N8O2. The van der Waals surface area contributed by atoms with E-state index in [9.17, 15) is 9.59 Å². The van der Waals surface area contributed by atoms with Gasteiger partial charge in [-0.1, -0.05) is 33.9 Å². The lowest BCUT2D eigenvalue weighted by Gasteiger charge is -2.20. The summed E-state index contributed by atoms with van der Waals surface area (Å²) in [6.07, 6.45) is 0.652. The van der Waals surface area contributed by atoms with E-state index in [-0.39, 0.29) is 12.1 Å². The van der Waals surface area contributed by atoms with Gasteiger partial charge < -0.3 is 9.80 Å². The number of nitrogens with zero attached hydrogens (tertiary/aromatic N) is 8. The molecule has 0 bridgehead atoms. The van der Waals surface area contributed by atoms with Crippen LogP contribution in [0.5, 0.6) is 0 Å². The van der Waals surface area contributed by atoms with Crippen LogP contribution in [0.15, 0.2) is 48.5 Å². The van der Waals surface area contributed by atoms with Crippen molar-refractivity contribution in [1.82, 2.24) is 39.8 Å². The van der Waals surface area contributed by atoms with Crippen LogP contribution in [0.4, 0.5) is 9.59 Å². The Balaban J connectivity index is 1.30. The van der Waals surface area contributed by atoms with Gasteiger partial charge in [0.15, 0.2) is 0 Å². The fourth-order valence-corrected chi connectivity index (χ4v) is 3.44. The molecule has 5 rings (SSSR count). The normalized spacial score (nSPS) is 15.0. The molecule has 2 amide bonds. The van der Waals surface area contributed by atoms with E-state index in [2.05, 4.69) is 20.4 Å². The maximum Gasteiger partial charge on any atom is 0.362 e. The summed E-state index contributed by atoms with van der Waals surface area (Å²) in [6.45, 7) is 1.83. The van der Waals surface area contributed by atoms with Gasteiger partial charge in [-0.05, 0) is 30.7 Å². The average Bonchev–Trinajstić information content (AvgIpc) is 3.30. The Bertz CT molecular complexity index is 1050. The smallest absolute Gasteiger partial charge is 0.320 e. The third-order valence-corrected chi connectivity index (χ3v) is 4.95. The van der Waals surface area contributed by atoms with Crippen LogP contribution in [0.2, 0.25) is 0 Å². The molecule has 1 aliphatic rings. The molecule has 0 radical (unpaired) electrons. The van der Waals surface area contributed by atoms with Crippen molar-refractivity contribution in [3.8, 4) is 0 Å². The Labute approximate surface area is 165 Å². The van der Waals surface area contributed by atoms with Gasteiger partial charge in [0, 0.05) is 26.2 Å². The molecule has 10 nitrogen and oxygen atoms in total. The van der Waals surface area contributed by atoms with E-state index < -0.39 is 0 Å². The molecule has 0 unspecified atom stereocenters. The molecule has 1 saturated heterocycles. The monoisotopic (exact) mass is 390 g/mol. The van der Waals surface area contributed by atoms with Crippen LogP contribution in [0, 0.1) is 0 Å². The van der Waals surface area contributed by atoms with Crippen LogP contribution in [0.25, 0.3) is 22.1 Å². The summed E-state index contributed by atoms with van der Waals surface area (Å²) >= 11 is 0. The van der Waals surface area contributed by atoms with Gasteiger partial charge >= 0.3 is 12.1 Å². The summed E-state index contributed by atoms with van der Waals surface area (Å²) < 4.78 is 0. The predicted octanol–water partition coefficient (Wildman–Crippen LogP) is 1.82. The summed E-state index contributed by atoms with van der Waals surface area (Å²) in [5, 5.41) is 17.0. The lowest BCUT2D eigenvalue weighted by atomic mass is 10.3. The van der Waals surface area contributed by atoms with E-state index in [1.165, 1.54) is 0 Å². The van der Waals surface area contributed by atoms with Gasteiger partial charge in [0.05, 0.1) is 0 Å². The van der Waals surface area contributed by atoms with Gasteiger partial charge in [-0.3, -0.25) is 0 Å². The molecule has 3 heterocycles. The first-order valence-corrected chi connectivity index (χ1v) is 9.42. The quantitative estimate of drug-likeness (QED) is 0.454.